The second-order valence-electron chi connectivity index (χ2n) is 7.92. The van der Waals surface area contributed by atoms with Crippen molar-refractivity contribution >= 4 is 29.1 Å². The van der Waals surface area contributed by atoms with Crippen molar-refractivity contribution < 1.29 is 19.0 Å². The van der Waals surface area contributed by atoms with Crippen molar-refractivity contribution in [2.75, 3.05) is 26.1 Å². The first-order chi connectivity index (χ1) is 17.6. The van der Waals surface area contributed by atoms with Crippen LogP contribution in [0.2, 0.25) is 0 Å². The van der Waals surface area contributed by atoms with E-state index < -0.39 is 0 Å². The molecule has 5 rings (SSSR count). The molecule has 0 spiro atoms. The summed E-state index contributed by atoms with van der Waals surface area (Å²) in [5, 5.41) is 9.55. The van der Waals surface area contributed by atoms with Gasteiger partial charge in [-0.3, -0.25) is 9.79 Å². The topological polar surface area (TPSA) is 86.4 Å². The van der Waals surface area contributed by atoms with Crippen LogP contribution < -0.4 is 24.3 Å². The van der Waals surface area contributed by atoms with Crippen LogP contribution in [0, 0.1) is 0 Å². The number of methoxy groups -OCH3 is 1. The second-order valence-corrected chi connectivity index (χ2v) is 8.75. The summed E-state index contributed by atoms with van der Waals surface area (Å²) in [5.74, 6) is 1.75. The first-order valence-corrected chi connectivity index (χ1v) is 12.1. The molecule has 1 aromatic heterocycles. The number of anilines is 1. The van der Waals surface area contributed by atoms with Crippen LogP contribution in [0.1, 0.15) is 11.1 Å². The van der Waals surface area contributed by atoms with Crippen LogP contribution in [0.25, 0.3) is 11.3 Å². The third-order valence-corrected chi connectivity index (χ3v) is 6.44. The molecule has 4 aromatic rings. The SMILES string of the molecule is CN=c1scc(-c2ccc3c(c2)NC(=O)CO3)n1N=Cc1ccc(OC)c(OCc2ccccc2)c1. The Bertz CT molecular complexity index is 1490. The quantitative estimate of drug-likeness (QED) is 0.377. The lowest BCUT2D eigenvalue weighted by Gasteiger charge is -2.18. The van der Waals surface area contributed by atoms with Gasteiger partial charge in [0.05, 0.1) is 24.7 Å². The van der Waals surface area contributed by atoms with Crippen molar-refractivity contribution in [3.05, 3.63) is 88.0 Å². The highest BCUT2D eigenvalue weighted by atomic mass is 32.1. The molecule has 1 aliphatic heterocycles. The molecule has 0 fully saturated rings. The van der Waals surface area contributed by atoms with Crippen molar-refractivity contribution in [1.29, 1.82) is 0 Å². The van der Waals surface area contributed by atoms with Gasteiger partial charge in [-0.2, -0.15) is 5.10 Å². The summed E-state index contributed by atoms with van der Waals surface area (Å²) in [6.07, 6.45) is 1.75. The van der Waals surface area contributed by atoms with Gasteiger partial charge in [0.25, 0.3) is 5.91 Å². The molecule has 0 atom stereocenters. The predicted molar refractivity (Wildman–Crippen MR) is 140 cm³/mol. The Morgan fingerprint density at radius 2 is 1.97 bits per heavy atom. The normalized spacial score (nSPS) is 13.3. The van der Waals surface area contributed by atoms with Crippen LogP contribution in [-0.2, 0) is 11.4 Å². The molecule has 9 heteroatoms. The number of aromatic nitrogens is 1. The van der Waals surface area contributed by atoms with Gasteiger partial charge in [0.1, 0.15) is 12.4 Å². The van der Waals surface area contributed by atoms with Crippen LogP contribution in [0.15, 0.2) is 82.2 Å². The van der Waals surface area contributed by atoms with Crippen molar-refractivity contribution in [3.63, 3.8) is 0 Å². The van der Waals surface area contributed by atoms with Crippen molar-refractivity contribution in [1.82, 2.24) is 4.68 Å². The smallest absolute Gasteiger partial charge is 0.262 e. The lowest BCUT2D eigenvalue weighted by molar-refractivity contribution is -0.118. The second kappa shape index (κ2) is 10.5. The average molecular weight is 501 g/mol. The van der Waals surface area contributed by atoms with Gasteiger partial charge in [-0.05, 0) is 47.5 Å². The lowest BCUT2D eigenvalue weighted by atomic mass is 10.1. The van der Waals surface area contributed by atoms with E-state index in [4.69, 9.17) is 19.3 Å². The van der Waals surface area contributed by atoms with E-state index in [1.54, 1.807) is 25.0 Å². The van der Waals surface area contributed by atoms with Crippen LogP contribution in [0.4, 0.5) is 5.69 Å². The Labute approximate surface area is 212 Å². The van der Waals surface area contributed by atoms with Crippen molar-refractivity contribution in [3.8, 4) is 28.5 Å². The Morgan fingerprint density at radius 3 is 2.78 bits per heavy atom. The zero-order chi connectivity index (χ0) is 24.9. The predicted octanol–water partition coefficient (Wildman–Crippen LogP) is 4.55. The highest BCUT2D eigenvalue weighted by molar-refractivity contribution is 7.07. The van der Waals surface area contributed by atoms with Crippen LogP contribution >= 0.6 is 11.3 Å². The Kier molecular flexibility index (Phi) is 6.81. The fraction of sp³-hybridized carbons (Fsp3) is 0.148. The number of fused-ring (bicyclic) bond motifs is 1. The highest BCUT2D eigenvalue weighted by Crippen LogP contribution is 2.33. The van der Waals surface area contributed by atoms with Gasteiger partial charge < -0.3 is 19.5 Å². The van der Waals surface area contributed by atoms with Gasteiger partial charge in [0, 0.05) is 18.0 Å². The zero-order valence-corrected chi connectivity index (χ0v) is 20.6. The third-order valence-electron chi connectivity index (χ3n) is 5.53. The molecule has 1 amide bonds. The maximum atomic E-state index is 11.8. The Hall–Kier alpha value is -4.37. The van der Waals surface area contributed by atoms with Gasteiger partial charge in [-0.1, -0.05) is 30.3 Å². The molecule has 8 nitrogen and oxygen atoms in total. The number of hydrogen-bond acceptors (Lipinski definition) is 7. The molecule has 0 unspecified atom stereocenters. The number of hydrogen-bond donors (Lipinski definition) is 1. The summed E-state index contributed by atoms with van der Waals surface area (Å²) in [7, 11) is 3.35. The fourth-order valence-corrected chi connectivity index (χ4v) is 4.55. The largest absolute Gasteiger partial charge is 0.493 e. The number of thiazole rings is 1. The molecule has 0 saturated carbocycles. The maximum absolute atomic E-state index is 11.8. The molecule has 0 radical (unpaired) electrons. The number of carbonyl (C=O) groups excluding carboxylic acids is 1. The number of rotatable bonds is 7. The standard InChI is InChI=1S/C27H24N4O4S/c1-28-27-31(22(17-36-27)20-9-11-23-21(13-20)30-26(32)16-35-23)29-14-19-8-10-24(33-2)25(12-19)34-15-18-6-4-3-5-7-18/h3-14,17H,15-16H2,1-2H3,(H,30,32). The number of amides is 1. The summed E-state index contributed by atoms with van der Waals surface area (Å²) in [5.41, 5.74) is 4.27. The molecular formula is C27H24N4O4S. The molecule has 1 aliphatic rings. The van der Waals surface area contributed by atoms with Crippen LogP contribution in [-0.4, -0.2) is 37.6 Å². The van der Waals surface area contributed by atoms with E-state index in [0.29, 0.717) is 29.5 Å². The summed E-state index contributed by atoms with van der Waals surface area (Å²) in [6, 6.07) is 21.3. The average Bonchev–Trinajstić information content (AvgIpc) is 3.33. The summed E-state index contributed by atoms with van der Waals surface area (Å²) in [4.78, 5) is 16.8. The Balaban J connectivity index is 1.44. The van der Waals surface area contributed by atoms with Gasteiger partial charge in [-0.15, -0.1) is 11.3 Å². The van der Waals surface area contributed by atoms with Gasteiger partial charge >= 0.3 is 0 Å². The van der Waals surface area contributed by atoms with Crippen LogP contribution in [0.5, 0.6) is 17.2 Å². The van der Waals surface area contributed by atoms with Crippen molar-refractivity contribution in [2.45, 2.75) is 6.61 Å². The molecule has 36 heavy (non-hydrogen) atoms. The molecule has 2 heterocycles. The number of nitrogens with one attached hydrogen (secondary N) is 1. The summed E-state index contributed by atoms with van der Waals surface area (Å²) in [6.45, 7) is 0.450. The van der Waals surface area contributed by atoms with E-state index in [1.807, 2.05) is 72.1 Å². The first kappa shape index (κ1) is 23.4. The number of ether oxygens (including phenoxy) is 3. The van der Waals surface area contributed by atoms with E-state index in [1.165, 1.54) is 11.3 Å². The number of benzene rings is 3. The van der Waals surface area contributed by atoms with E-state index in [-0.39, 0.29) is 12.5 Å². The number of nitrogens with zero attached hydrogens (tertiary/aromatic N) is 3. The minimum atomic E-state index is -0.176. The summed E-state index contributed by atoms with van der Waals surface area (Å²) >= 11 is 1.48. The molecular weight excluding hydrogens is 476 g/mol. The molecule has 1 N–H and O–H groups in total. The van der Waals surface area contributed by atoms with E-state index >= 15 is 0 Å². The molecule has 3 aromatic carbocycles. The number of carbonyl (C=O) groups is 1. The van der Waals surface area contributed by atoms with Crippen LogP contribution in [0.3, 0.4) is 0 Å². The monoisotopic (exact) mass is 500 g/mol. The van der Waals surface area contributed by atoms with Gasteiger partial charge in [0.15, 0.2) is 18.1 Å². The van der Waals surface area contributed by atoms with E-state index in [2.05, 4.69) is 10.3 Å². The van der Waals surface area contributed by atoms with Crippen molar-refractivity contribution in [2.24, 2.45) is 10.1 Å². The molecule has 0 bridgehead atoms. The molecule has 0 saturated heterocycles. The third kappa shape index (κ3) is 5.01. The molecule has 182 valence electrons. The first-order valence-electron chi connectivity index (χ1n) is 11.2. The van der Waals surface area contributed by atoms with E-state index in [0.717, 1.165) is 27.2 Å². The van der Waals surface area contributed by atoms with Gasteiger partial charge in [0.2, 0.25) is 4.80 Å². The summed E-state index contributed by atoms with van der Waals surface area (Å²) < 4.78 is 18.8. The van der Waals surface area contributed by atoms with E-state index in [9.17, 15) is 4.79 Å². The van der Waals surface area contributed by atoms with Gasteiger partial charge in [-0.25, -0.2) is 4.68 Å². The minimum absolute atomic E-state index is 0.0207. The molecule has 0 aliphatic carbocycles. The lowest BCUT2D eigenvalue weighted by Crippen LogP contribution is -2.25. The Morgan fingerprint density at radius 1 is 1.11 bits per heavy atom. The fourth-order valence-electron chi connectivity index (χ4n) is 3.75. The zero-order valence-electron chi connectivity index (χ0n) is 19.8. The maximum Gasteiger partial charge on any atom is 0.262 e. The highest BCUT2D eigenvalue weighted by Gasteiger charge is 2.17. The minimum Gasteiger partial charge on any atom is -0.493 e.